The molecule has 1 aromatic rings. The second-order valence-corrected chi connectivity index (χ2v) is 4.20. The number of Topliss-reactive ketones (excluding diaryl/α,β-unsaturated/α-hetero) is 1. The molecule has 1 aliphatic heterocycles. The topological polar surface area (TPSA) is 87.3 Å². The van der Waals surface area contributed by atoms with Gasteiger partial charge in [-0.1, -0.05) is 0 Å². The SMILES string of the molecule is N=C1CCCN1CC(=O)c1ccc([N+](=O)[O-])cc1. The van der Waals surface area contributed by atoms with E-state index in [1.54, 1.807) is 4.90 Å². The molecule has 0 amide bonds. The number of hydrogen-bond acceptors (Lipinski definition) is 4. The highest BCUT2D eigenvalue weighted by atomic mass is 16.6. The zero-order valence-corrected chi connectivity index (χ0v) is 9.76. The lowest BCUT2D eigenvalue weighted by molar-refractivity contribution is -0.384. The summed E-state index contributed by atoms with van der Waals surface area (Å²) in [5.41, 5.74) is 0.417. The van der Waals surface area contributed by atoms with E-state index in [1.165, 1.54) is 24.3 Å². The smallest absolute Gasteiger partial charge is 0.269 e. The van der Waals surface area contributed by atoms with E-state index in [9.17, 15) is 14.9 Å². The molecule has 18 heavy (non-hydrogen) atoms. The fourth-order valence-electron chi connectivity index (χ4n) is 1.94. The van der Waals surface area contributed by atoms with Crippen LogP contribution in [0.25, 0.3) is 0 Å². The number of carbonyl (C=O) groups is 1. The van der Waals surface area contributed by atoms with E-state index in [-0.39, 0.29) is 18.0 Å². The molecule has 1 aromatic carbocycles. The van der Waals surface area contributed by atoms with Crippen LogP contribution in [-0.2, 0) is 0 Å². The minimum absolute atomic E-state index is 0.0273. The predicted molar refractivity (Wildman–Crippen MR) is 66.0 cm³/mol. The van der Waals surface area contributed by atoms with Crippen LogP contribution in [0.2, 0.25) is 0 Å². The molecule has 1 heterocycles. The predicted octanol–water partition coefficient (Wildman–Crippen LogP) is 1.85. The molecule has 1 aliphatic rings. The molecule has 0 saturated carbocycles. The number of nitrogens with one attached hydrogen (secondary N) is 1. The summed E-state index contributed by atoms with van der Waals surface area (Å²) in [6.07, 6.45) is 1.62. The Morgan fingerprint density at radius 3 is 2.56 bits per heavy atom. The number of hydrogen-bond donors (Lipinski definition) is 1. The van der Waals surface area contributed by atoms with Crippen LogP contribution in [0.15, 0.2) is 24.3 Å². The van der Waals surface area contributed by atoms with Crippen molar-refractivity contribution in [2.45, 2.75) is 12.8 Å². The summed E-state index contributed by atoms with van der Waals surface area (Å²) in [7, 11) is 0. The molecular formula is C12H13N3O3. The van der Waals surface area contributed by atoms with Crippen LogP contribution >= 0.6 is 0 Å². The molecule has 2 rings (SSSR count). The van der Waals surface area contributed by atoms with Gasteiger partial charge in [-0.2, -0.15) is 0 Å². The highest BCUT2D eigenvalue weighted by Crippen LogP contribution is 2.14. The minimum Gasteiger partial charge on any atom is -0.353 e. The number of amidine groups is 1. The monoisotopic (exact) mass is 247 g/mol. The molecule has 0 aliphatic carbocycles. The Labute approximate surface area is 104 Å². The Morgan fingerprint density at radius 2 is 2.06 bits per heavy atom. The summed E-state index contributed by atoms with van der Waals surface area (Å²) in [4.78, 5) is 23.7. The van der Waals surface area contributed by atoms with Crippen molar-refractivity contribution in [3.05, 3.63) is 39.9 Å². The number of likely N-dealkylation sites (tertiary alicyclic amines) is 1. The Balaban J connectivity index is 2.04. The lowest BCUT2D eigenvalue weighted by Crippen LogP contribution is -2.30. The summed E-state index contributed by atoms with van der Waals surface area (Å²) in [6, 6.07) is 5.56. The van der Waals surface area contributed by atoms with Gasteiger partial charge in [-0.05, 0) is 18.6 Å². The first-order valence-corrected chi connectivity index (χ1v) is 5.68. The van der Waals surface area contributed by atoms with Gasteiger partial charge in [0, 0.05) is 30.7 Å². The maximum absolute atomic E-state index is 11.9. The Hall–Kier alpha value is -2.24. The van der Waals surface area contributed by atoms with Crippen LogP contribution in [0, 0.1) is 15.5 Å². The first kappa shape index (κ1) is 12.2. The lowest BCUT2D eigenvalue weighted by atomic mass is 10.1. The summed E-state index contributed by atoms with van der Waals surface area (Å²) >= 11 is 0. The number of nitro groups is 1. The summed E-state index contributed by atoms with van der Waals surface area (Å²) in [6.45, 7) is 0.911. The minimum atomic E-state index is -0.496. The number of nitro benzene ring substituents is 1. The molecule has 1 saturated heterocycles. The number of nitrogens with zero attached hydrogens (tertiary/aromatic N) is 2. The van der Waals surface area contributed by atoms with Crippen LogP contribution in [0.3, 0.4) is 0 Å². The highest BCUT2D eigenvalue weighted by molar-refractivity contribution is 6.00. The van der Waals surface area contributed by atoms with Crippen LogP contribution in [0.4, 0.5) is 5.69 Å². The van der Waals surface area contributed by atoms with Crippen molar-refractivity contribution >= 4 is 17.3 Å². The number of ketones is 1. The zero-order valence-electron chi connectivity index (χ0n) is 9.76. The van der Waals surface area contributed by atoms with Gasteiger partial charge in [-0.25, -0.2) is 0 Å². The molecule has 6 nitrogen and oxygen atoms in total. The molecule has 6 heteroatoms. The molecule has 0 aromatic heterocycles. The standard InChI is InChI=1S/C12H13N3O3/c13-12-2-1-7-14(12)8-11(16)9-3-5-10(6-4-9)15(17)18/h3-6,13H,1-2,7-8H2. The molecular weight excluding hydrogens is 234 g/mol. The number of benzene rings is 1. The highest BCUT2D eigenvalue weighted by Gasteiger charge is 2.20. The Kier molecular flexibility index (Phi) is 3.36. The average molecular weight is 247 g/mol. The van der Waals surface area contributed by atoms with Gasteiger partial charge in [0.1, 0.15) is 0 Å². The van der Waals surface area contributed by atoms with Gasteiger partial charge < -0.3 is 4.90 Å². The molecule has 0 unspecified atom stereocenters. The normalized spacial score (nSPS) is 14.9. The van der Waals surface area contributed by atoms with Gasteiger partial charge in [0.2, 0.25) is 0 Å². The Bertz CT molecular complexity index is 496. The quantitative estimate of drug-likeness (QED) is 0.499. The van der Waals surface area contributed by atoms with Crippen LogP contribution in [0.5, 0.6) is 0 Å². The molecule has 94 valence electrons. The van der Waals surface area contributed by atoms with Crippen LogP contribution in [0.1, 0.15) is 23.2 Å². The molecule has 0 spiro atoms. The van der Waals surface area contributed by atoms with Crippen molar-refractivity contribution in [3.63, 3.8) is 0 Å². The largest absolute Gasteiger partial charge is 0.353 e. The van der Waals surface area contributed by atoms with Crippen LogP contribution in [-0.4, -0.2) is 34.5 Å². The van der Waals surface area contributed by atoms with Crippen molar-refractivity contribution in [1.29, 1.82) is 5.41 Å². The van der Waals surface area contributed by atoms with E-state index < -0.39 is 4.92 Å². The number of rotatable bonds is 4. The van der Waals surface area contributed by atoms with Crippen molar-refractivity contribution in [2.24, 2.45) is 0 Å². The Morgan fingerprint density at radius 1 is 1.39 bits per heavy atom. The van der Waals surface area contributed by atoms with Crippen LogP contribution < -0.4 is 0 Å². The average Bonchev–Trinajstić information content (AvgIpc) is 2.75. The summed E-state index contributed by atoms with van der Waals surface area (Å²) < 4.78 is 0. The second-order valence-electron chi connectivity index (χ2n) is 4.20. The third-order valence-corrected chi connectivity index (χ3v) is 2.96. The van der Waals surface area contributed by atoms with E-state index in [0.717, 1.165) is 13.0 Å². The molecule has 1 N–H and O–H groups in total. The van der Waals surface area contributed by atoms with Gasteiger partial charge in [0.25, 0.3) is 5.69 Å². The zero-order chi connectivity index (χ0) is 13.1. The van der Waals surface area contributed by atoms with E-state index in [1.807, 2.05) is 0 Å². The maximum atomic E-state index is 11.9. The van der Waals surface area contributed by atoms with E-state index in [0.29, 0.717) is 17.8 Å². The molecule has 0 radical (unpaired) electrons. The second kappa shape index (κ2) is 4.95. The van der Waals surface area contributed by atoms with Crippen molar-refractivity contribution in [1.82, 2.24) is 4.90 Å². The first-order chi connectivity index (χ1) is 8.58. The van der Waals surface area contributed by atoms with Gasteiger partial charge in [-0.15, -0.1) is 0 Å². The number of carbonyl (C=O) groups excluding carboxylic acids is 1. The van der Waals surface area contributed by atoms with Crippen molar-refractivity contribution in [3.8, 4) is 0 Å². The fraction of sp³-hybridized carbons (Fsp3) is 0.333. The maximum Gasteiger partial charge on any atom is 0.269 e. The third kappa shape index (κ3) is 2.53. The lowest BCUT2D eigenvalue weighted by Gasteiger charge is -2.16. The van der Waals surface area contributed by atoms with Crippen molar-refractivity contribution in [2.75, 3.05) is 13.1 Å². The van der Waals surface area contributed by atoms with E-state index in [2.05, 4.69) is 0 Å². The molecule has 0 atom stereocenters. The summed E-state index contributed by atoms with van der Waals surface area (Å²) in [5.74, 6) is 0.377. The van der Waals surface area contributed by atoms with Gasteiger partial charge in [0.15, 0.2) is 5.78 Å². The molecule has 0 bridgehead atoms. The molecule has 1 fully saturated rings. The van der Waals surface area contributed by atoms with Gasteiger partial charge in [0.05, 0.1) is 17.3 Å². The van der Waals surface area contributed by atoms with E-state index >= 15 is 0 Å². The van der Waals surface area contributed by atoms with Gasteiger partial charge in [-0.3, -0.25) is 20.3 Å². The first-order valence-electron chi connectivity index (χ1n) is 5.68. The van der Waals surface area contributed by atoms with E-state index in [4.69, 9.17) is 5.41 Å². The third-order valence-electron chi connectivity index (χ3n) is 2.96. The fourth-order valence-corrected chi connectivity index (χ4v) is 1.94. The van der Waals surface area contributed by atoms with Crippen molar-refractivity contribution < 1.29 is 9.72 Å². The summed E-state index contributed by atoms with van der Waals surface area (Å²) in [5, 5.41) is 18.1. The number of non-ortho nitro benzene ring substituents is 1. The van der Waals surface area contributed by atoms with Gasteiger partial charge >= 0.3 is 0 Å².